The van der Waals surface area contributed by atoms with Gasteiger partial charge in [0.2, 0.25) is 0 Å². The predicted molar refractivity (Wildman–Crippen MR) is 120 cm³/mol. The van der Waals surface area contributed by atoms with E-state index in [4.69, 9.17) is 9.47 Å². The molecule has 0 unspecified atom stereocenters. The fraction of sp³-hybridized carbons (Fsp3) is 0.520. The molecule has 1 aliphatic heterocycles. The van der Waals surface area contributed by atoms with Gasteiger partial charge in [-0.2, -0.15) is 0 Å². The molecule has 1 aliphatic rings. The number of hydrogen-bond acceptors (Lipinski definition) is 4. The first kappa shape index (κ1) is 21.7. The lowest BCUT2D eigenvalue weighted by molar-refractivity contribution is 0.132. The molecule has 0 saturated carbocycles. The summed E-state index contributed by atoms with van der Waals surface area (Å²) in [5.41, 5.74) is 2.76. The monoisotopic (exact) mass is 396 g/mol. The molecule has 0 atom stereocenters. The lowest BCUT2D eigenvalue weighted by Crippen LogP contribution is -2.47. The van der Waals surface area contributed by atoms with E-state index >= 15 is 0 Å². The maximum atomic E-state index is 5.82. The molecule has 4 nitrogen and oxygen atoms in total. The number of benzene rings is 2. The smallest absolute Gasteiger partial charge is 0.161 e. The van der Waals surface area contributed by atoms with Crippen molar-refractivity contribution in [2.24, 2.45) is 0 Å². The quantitative estimate of drug-likeness (QED) is 0.599. The highest BCUT2D eigenvalue weighted by Gasteiger charge is 2.16. The average molecular weight is 397 g/mol. The van der Waals surface area contributed by atoms with Crippen LogP contribution in [-0.2, 0) is 12.8 Å². The van der Waals surface area contributed by atoms with Gasteiger partial charge in [0.15, 0.2) is 11.5 Å². The van der Waals surface area contributed by atoms with Gasteiger partial charge in [-0.25, -0.2) is 0 Å². The standard InChI is InChI=1S/C25H36N2O2/c1-21(2)29-24-12-11-23(20-25(24)28-3)13-15-27-18-16-26(17-19-27)14-7-10-22-8-5-4-6-9-22/h4-6,8-9,11-12,20-21H,7,10,13-19H2,1-3H3. The van der Waals surface area contributed by atoms with Crippen LogP contribution in [-0.4, -0.2) is 62.3 Å². The van der Waals surface area contributed by atoms with Crippen molar-refractivity contribution in [3.63, 3.8) is 0 Å². The summed E-state index contributed by atoms with van der Waals surface area (Å²) in [7, 11) is 1.71. The molecular formula is C25H36N2O2. The van der Waals surface area contributed by atoms with Crippen molar-refractivity contribution in [1.29, 1.82) is 0 Å². The zero-order valence-corrected chi connectivity index (χ0v) is 18.3. The van der Waals surface area contributed by atoms with E-state index in [1.807, 2.05) is 19.9 Å². The van der Waals surface area contributed by atoms with Gasteiger partial charge in [0.1, 0.15) is 0 Å². The zero-order chi connectivity index (χ0) is 20.5. The highest BCUT2D eigenvalue weighted by Crippen LogP contribution is 2.29. The second-order valence-electron chi connectivity index (χ2n) is 8.17. The number of piperazine rings is 1. The van der Waals surface area contributed by atoms with Crippen LogP contribution in [0.4, 0.5) is 0 Å². The third-order valence-corrected chi connectivity index (χ3v) is 5.55. The first-order valence-corrected chi connectivity index (χ1v) is 11.0. The summed E-state index contributed by atoms with van der Waals surface area (Å²) in [5, 5.41) is 0. The fourth-order valence-electron chi connectivity index (χ4n) is 3.89. The van der Waals surface area contributed by atoms with Gasteiger partial charge in [-0.1, -0.05) is 36.4 Å². The van der Waals surface area contributed by atoms with E-state index in [0.717, 1.165) is 37.6 Å². The van der Waals surface area contributed by atoms with E-state index in [0.29, 0.717) is 0 Å². The Labute approximate surface area is 176 Å². The van der Waals surface area contributed by atoms with Gasteiger partial charge in [-0.3, -0.25) is 0 Å². The number of hydrogen-bond donors (Lipinski definition) is 0. The summed E-state index contributed by atoms with van der Waals surface area (Å²) in [5.74, 6) is 1.66. The first-order valence-electron chi connectivity index (χ1n) is 11.0. The predicted octanol–water partition coefficient (Wildman–Crippen LogP) is 4.28. The molecule has 1 fully saturated rings. The van der Waals surface area contributed by atoms with E-state index in [-0.39, 0.29) is 6.10 Å². The van der Waals surface area contributed by atoms with Crippen molar-refractivity contribution >= 4 is 0 Å². The van der Waals surface area contributed by atoms with Gasteiger partial charge in [-0.05, 0) is 62.9 Å². The summed E-state index contributed by atoms with van der Waals surface area (Å²) in [6.45, 7) is 11.1. The fourth-order valence-corrected chi connectivity index (χ4v) is 3.89. The molecule has 0 N–H and O–H groups in total. The van der Waals surface area contributed by atoms with Crippen molar-refractivity contribution in [2.45, 2.75) is 39.2 Å². The molecule has 4 heteroatoms. The third-order valence-electron chi connectivity index (χ3n) is 5.55. The van der Waals surface area contributed by atoms with Gasteiger partial charge >= 0.3 is 0 Å². The van der Waals surface area contributed by atoms with Crippen LogP contribution in [0.5, 0.6) is 11.5 Å². The molecule has 2 aromatic carbocycles. The van der Waals surface area contributed by atoms with E-state index in [9.17, 15) is 0 Å². The molecule has 1 heterocycles. The Balaban J connectivity index is 1.37. The largest absolute Gasteiger partial charge is 0.493 e. The van der Waals surface area contributed by atoms with Crippen LogP contribution >= 0.6 is 0 Å². The van der Waals surface area contributed by atoms with Crippen molar-refractivity contribution < 1.29 is 9.47 Å². The molecule has 3 rings (SSSR count). The Kier molecular flexibility index (Phi) is 8.38. The number of ether oxygens (including phenoxy) is 2. The Morgan fingerprint density at radius 2 is 1.48 bits per heavy atom. The minimum Gasteiger partial charge on any atom is -0.493 e. The molecule has 1 saturated heterocycles. The zero-order valence-electron chi connectivity index (χ0n) is 18.3. The summed E-state index contributed by atoms with van der Waals surface area (Å²) in [6, 6.07) is 17.1. The number of aryl methyl sites for hydroxylation is 1. The van der Waals surface area contributed by atoms with Crippen LogP contribution in [0.1, 0.15) is 31.4 Å². The third kappa shape index (κ3) is 7.06. The molecule has 2 aromatic rings. The van der Waals surface area contributed by atoms with Crippen molar-refractivity contribution in [2.75, 3.05) is 46.4 Å². The van der Waals surface area contributed by atoms with Crippen LogP contribution in [0.3, 0.4) is 0 Å². The molecule has 0 amide bonds. The minimum absolute atomic E-state index is 0.152. The molecule has 0 spiro atoms. The molecule has 0 radical (unpaired) electrons. The van der Waals surface area contributed by atoms with Gasteiger partial charge in [-0.15, -0.1) is 0 Å². The SMILES string of the molecule is COc1cc(CCN2CCN(CCCc3ccccc3)CC2)ccc1OC(C)C. The van der Waals surface area contributed by atoms with E-state index in [1.165, 1.54) is 43.6 Å². The van der Waals surface area contributed by atoms with E-state index in [2.05, 4.69) is 52.3 Å². The first-order chi connectivity index (χ1) is 14.1. The second kappa shape index (κ2) is 11.2. The second-order valence-corrected chi connectivity index (χ2v) is 8.17. The molecule has 158 valence electrons. The van der Waals surface area contributed by atoms with Crippen LogP contribution in [0.15, 0.2) is 48.5 Å². The van der Waals surface area contributed by atoms with Gasteiger partial charge in [0.25, 0.3) is 0 Å². The van der Waals surface area contributed by atoms with E-state index < -0.39 is 0 Å². The summed E-state index contributed by atoms with van der Waals surface area (Å²) in [6.07, 6.45) is 3.62. The molecule has 0 aromatic heterocycles. The average Bonchev–Trinajstić information content (AvgIpc) is 2.74. The maximum Gasteiger partial charge on any atom is 0.161 e. The maximum absolute atomic E-state index is 5.82. The molecular weight excluding hydrogens is 360 g/mol. The van der Waals surface area contributed by atoms with Gasteiger partial charge in [0, 0.05) is 32.7 Å². The Morgan fingerprint density at radius 1 is 0.793 bits per heavy atom. The van der Waals surface area contributed by atoms with Crippen molar-refractivity contribution in [1.82, 2.24) is 9.80 Å². The Bertz CT molecular complexity index is 725. The Hall–Kier alpha value is -2.04. The van der Waals surface area contributed by atoms with Gasteiger partial charge < -0.3 is 19.3 Å². The molecule has 0 bridgehead atoms. The summed E-state index contributed by atoms with van der Waals surface area (Å²) >= 11 is 0. The van der Waals surface area contributed by atoms with E-state index in [1.54, 1.807) is 7.11 Å². The number of rotatable bonds is 10. The lowest BCUT2D eigenvalue weighted by Gasteiger charge is -2.34. The highest BCUT2D eigenvalue weighted by molar-refractivity contribution is 5.43. The van der Waals surface area contributed by atoms with Crippen LogP contribution in [0.2, 0.25) is 0 Å². The number of nitrogens with zero attached hydrogens (tertiary/aromatic N) is 2. The molecule has 29 heavy (non-hydrogen) atoms. The summed E-state index contributed by atoms with van der Waals surface area (Å²) < 4.78 is 11.3. The van der Waals surface area contributed by atoms with Crippen molar-refractivity contribution in [3.05, 3.63) is 59.7 Å². The molecule has 0 aliphatic carbocycles. The topological polar surface area (TPSA) is 24.9 Å². The van der Waals surface area contributed by atoms with Crippen LogP contribution < -0.4 is 9.47 Å². The van der Waals surface area contributed by atoms with Gasteiger partial charge in [0.05, 0.1) is 13.2 Å². The van der Waals surface area contributed by atoms with Crippen LogP contribution in [0, 0.1) is 0 Å². The summed E-state index contributed by atoms with van der Waals surface area (Å²) in [4.78, 5) is 5.19. The Morgan fingerprint density at radius 3 is 2.14 bits per heavy atom. The minimum atomic E-state index is 0.152. The normalized spacial score (nSPS) is 15.6. The van der Waals surface area contributed by atoms with Crippen molar-refractivity contribution in [3.8, 4) is 11.5 Å². The lowest BCUT2D eigenvalue weighted by atomic mass is 10.1. The number of methoxy groups -OCH3 is 1. The highest BCUT2D eigenvalue weighted by atomic mass is 16.5. The van der Waals surface area contributed by atoms with Crippen LogP contribution in [0.25, 0.3) is 0 Å².